The van der Waals surface area contributed by atoms with Crippen molar-refractivity contribution in [1.29, 1.82) is 0 Å². The molecule has 4 heteroatoms. The summed E-state index contributed by atoms with van der Waals surface area (Å²) in [5.41, 5.74) is 0. The van der Waals surface area contributed by atoms with Crippen LogP contribution < -0.4 is 0 Å². The zero-order chi connectivity index (χ0) is 21.4. The number of hydrogen-bond acceptors (Lipinski definition) is 4. The van der Waals surface area contributed by atoms with Crippen molar-refractivity contribution in [3.63, 3.8) is 0 Å². The summed E-state index contributed by atoms with van der Waals surface area (Å²) in [4.78, 5) is 11.5. The van der Waals surface area contributed by atoms with Gasteiger partial charge >= 0.3 is 5.97 Å². The van der Waals surface area contributed by atoms with Crippen LogP contribution >= 0.6 is 0 Å². The summed E-state index contributed by atoms with van der Waals surface area (Å²) in [6.07, 6.45) is 24.6. The van der Waals surface area contributed by atoms with E-state index in [9.17, 15) is 4.79 Å². The third-order valence-corrected chi connectivity index (χ3v) is 4.61. The van der Waals surface area contributed by atoms with Crippen molar-refractivity contribution in [2.45, 2.75) is 97.1 Å². The van der Waals surface area contributed by atoms with Gasteiger partial charge in [0.2, 0.25) is 0 Å². The Morgan fingerprint density at radius 3 is 2.38 bits per heavy atom. The number of rotatable bonds is 14. The number of esters is 1. The Balaban J connectivity index is 2.35. The molecule has 1 aliphatic rings. The van der Waals surface area contributed by atoms with Gasteiger partial charge in [-0.3, -0.25) is 4.79 Å². The molecule has 1 aliphatic heterocycles. The molecule has 29 heavy (non-hydrogen) atoms. The summed E-state index contributed by atoms with van der Waals surface area (Å²) >= 11 is 0. The van der Waals surface area contributed by atoms with Crippen LogP contribution in [0, 0.1) is 0 Å². The van der Waals surface area contributed by atoms with Crippen LogP contribution in [-0.4, -0.2) is 30.6 Å². The summed E-state index contributed by atoms with van der Waals surface area (Å²) in [6.45, 7) is 8.33. The van der Waals surface area contributed by atoms with Crippen LogP contribution in [0.1, 0.15) is 79.1 Å². The minimum Gasteiger partial charge on any atom is -0.466 e. The normalized spacial score (nSPS) is 21.9. The number of carbonyl (C=O) groups is 1. The third kappa shape index (κ3) is 12.5. The fourth-order valence-corrected chi connectivity index (χ4v) is 3.22. The first-order chi connectivity index (χ1) is 14.0. The summed E-state index contributed by atoms with van der Waals surface area (Å²) in [6, 6.07) is 0. The third-order valence-electron chi connectivity index (χ3n) is 4.61. The van der Waals surface area contributed by atoms with E-state index in [0.29, 0.717) is 13.0 Å². The van der Waals surface area contributed by atoms with E-state index in [4.69, 9.17) is 14.2 Å². The van der Waals surface area contributed by atoms with Crippen LogP contribution in [0.3, 0.4) is 0 Å². The fraction of sp³-hybridized carbons (Fsp3) is 0.640. The van der Waals surface area contributed by atoms with Gasteiger partial charge in [-0.25, -0.2) is 0 Å². The zero-order valence-electron chi connectivity index (χ0n) is 18.8. The molecule has 0 aliphatic carbocycles. The summed E-state index contributed by atoms with van der Waals surface area (Å²) in [7, 11) is 0. The van der Waals surface area contributed by atoms with Crippen molar-refractivity contribution < 1.29 is 19.0 Å². The first-order valence-electron chi connectivity index (χ1n) is 11.2. The smallest absolute Gasteiger partial charge is 0.305 e. The minimum atomic E-state index is -0.602. The second-order valence-corrected chi connectivity index (χ2v) is 7.77. The van der Waals surface area contributed by atoms with Crippen molar-refractivity contribution in [3.8, 4) is 0 Å². The molecule has 1 fully saturated rings. The number of ether oxygens (including phenoxy) is 3. The number of allylic oxidation sites excluding steroid dienone is 7. The van der Waals surface area contributed by atoms with Crippen molar-refractivity contribution >= 4 is 5.97 Å². The Morgan fingerprint density at radius 2 is 1.66 bits per heavy atom. The van der Waals surface area contributed by atoms with E-state index in [2.05, 4.69) is 25.2 Å². The second kappa shape index (κ2) is 15.2. The average Bonchev–Trinajstić information content (AvgIpc) is 2.96. The lowest BCUT2D eigenvalue weighted by atomic mass is 10.1. The lowest BCUT2D eigenvalue weighted by Gasteiger charge is -2.16. The summed E-state index contributed by atoms with van der Waals surface area (Å²) in [5, 5.41) is 0. The summed E-state index contributed by atoms with van der Waals surface area (Å²) < 4.78 is 16.9. The Hall–Kier alpha value is -1.65. The van der Waals surface area contributed by atoms with Crippen LogP contribution in [-0.2, 0) is 19.0 Å². The molecule has 0 aromatic carbocycles. The second-order valence-electron chi connectivity index (χ2n) is 7.77. The molecule has 164 valence electrons. The maximum absolute atomic E-state index is 11.5. The Morgan fingerprint density at radius 1 is 0.931 bits per heavy atom. The maximum Gasteiger partial charge on any atom is 0.305 e. The van der Waals surface area contributed by atoms with E-state index < -0.39 is 5.79 Å². The van der Waals surface area contributed by atoms with Gasteiger partial charge in [-0.05, 0) is 46.5 Å². The highest BCUT2D eigenvalue weighted by Crippen LogP contribution is 2.31. The van der Waals surface area contributed by atoms with Crippen molar-refractivity contribution in [1.82, 2.24) is 0 Å². The molecule has 0 bridgehead atoms. The highest BCUT2D eigenvalue weighted by molar-refractivity contribution is 5.69. The van der Waals surface area contributed by atoms with Gasteiger partial charge in [0, 0.05) is 6.42 Å². The van der Waals surface area contributed by atoms with Crippen LogP contribution in [0.15, 0.2) is 48.6 Å². The van der Waals surface area contributed by atoms with Crippen molar-refractivity contribution in [2.75, 3.05) is 6.61 Å². The Bertz CT molecular complexity index is 557. The Kier molecular flexibility index (Phi) is 13.3. The van der Waals surface area contributed by atoms with Crippen LogP contribution in [0.25, 0.3) is 0 Å². The van der Waals surface area contributed by atoms with Gasteiger partial charge in [-0.1, -0.05) is 74.8 Å². The van der Waals surface area contributed by atoms with Gasteiger partial charge in [-0.2, -0.15) is 0 Å². The molecule has 1 saturated heterocycles. The van der Waals surface area contributed by atoms with E-state index in [1.165, 1.54) is 25.7 Å². The SMILES string of the molecule is CCCCCC/C=C/C=C\C=C\C=C\C1OC(C)(C)OC1CCCC(=O)OCC. The van der Waals surface area contributed by atoms with Gasteiger partial charge in [-0.15, -0.1) is 0 Å². The van der Waals surface area contributed by atoms with Gasteiger partial charge in [0.05, 0.1) is 12.7 Å². The molecule has 0 amide bonds. The van der Waals surface area contributed by atoms with Gasteiger partial charge in [0.1, 0.15) is 6.10 Å². The molecule has 0 spiro atoms. The standard InChI is InChI=1S/C25H40O4/c1-5-7-8-9-10-11-12-13-14-15-16-17-19-22-23(29-25(3,4)28-22)20-18-21-24(26)27-6-2/h11-17,19,22-23H,5-10,18,20-21H2,1-4H3/b12-11+,14-13-,16-15+,19-17+. The first-order valence-corrected chi connectivity index (χ1v) is 11.2. The van der Waals surface area contributed by atoms with Crippen molar-refractivity contribution in [2.24, 2.45) is 0 Å². The lowest BCUT2D eigenvalue weighted by molar-refractivity contribution is -0.145. The average molecular weight is 405 g/mol. The molecule has 1 heterocycles. The predicted molar refractivity (Wildman–Crippen MR) is 120 cm³/mol. The van der Waals surface area contributed by atoms with E-state index in [1.54, 1.807) is 0 Å². The molecule has 0 aromatic heterocycles. The number of hydrogen-bond donors (Lipinski definition) is 0. The van der Waals surface area contributed by atoms with E-state index >= 15 is 0 Å². The molecule has 0 radical (unpaired) electrons. The van der Waals surface area contributed by atoms with E-state index in [1.807, 2.05) is 51.2 Å². The van der Waals surface area contributed by atoms with Crippen LogP contribution in [0.4, 0.5) is 0 Å². The van der Waals surface area contributed by atoms with Gasteiger partial charge in [0.15, 0.2) is 5.79 Å². The maximum atomic E-state index is 11.5. The molecule has 2 atom stereocenters. The van der Waals surface area contributed by atoms with E-state index in [0.717, 1.165) is 19.3 Å². The number of carbonyl (C=O) groups excluding carboxylic acids is 1. The van der Waals surface area contributed by atoms with Crippen molar-refractivity contribution in [3.05, 3.63) is 48.6 Å². The molecule has 0 aromatic rings. The number of unbranched alkanes of at least 4 members (excludes halogenated alkanes) is 4. The van der Waals surface area contributed by atoms with Crippen LogP contribution in [0.2, 0.25) is 0 Å². The molecule has 0 saturated carbocycles. The Labute approximate surface area is 177 Å². The minimum absolute atomic E-state index is 0.0461. The summed E-state index contributed by atoms with van der Waals surface area (Å²) in [5.74, 6) is -0.753. The quantitative estimate of drug-likeness (QED) is 0.190. The molecule has 2 unspecified atom stereocenters. The lowest BCUT2D eigenvalue weighted by Crippen LogP contribution is -2.21. The highest BCUT2D eigenvalue weighted by atomic mass is 16.7. The zero-order valence-corrected chi connectivity index (χ0v) is 18.8. The molecule has 4 nitrogen and oxygen atoms in total. The molecule has 0 N–H and O–H groups in total. The van der Waals surface area contributed by atoms with Gasteiger partial charge < -0.3 is 14.2 Å². The van der Waals surface area contributed by atoms with Crippen LogP contribution in [0.5, 0.6) is 0 Å². The highest BCUT2D eigenvalue weighted by Gasteiger charge is 2.39. The monoisotopic (exact) mass is 404 g/mol. The largest absolute Gasteiger partial charge is 0.466 e. The topological polar surface area (TPSA) is 44.8 Å². The molecular weight excluding hydrogens is 364 g/mol. The van der Waals surface area contributed by atoms with Gasteiger partial charge in [0.25, 0.3) is 0 Å². The molecular formula is C25H40O4. The first kappa shape index (κ1) is 25.4. The van der Waals surface area contributed by atoms with E-state index in [-0.39, 0.29) is 18.2 Å². The predicted octanol–water partition coefficient (Wildman–Crippen LogP) is 6.44. The molecule has 1 rings (SSSR count). The fourth-order valence-electron chi connectivity index (χ4n) is 3.22.